The fourth-order valence-electron chi connectivity index (χ4n) is 3.22. The minimum absolute atomic E-state index is 0.152. The number of fused-ring (bicyclic) bond motifs is 1. The summed E-state index contributed by atoms with van der Waals surface area (Å²) in [6.45, 7) is 1.53. The van der Waals surface area contributed by atoms with Crippen molar-refractivity contribution in [2.45, 2.75) is 32.3 Å². The highest BCUT2D eigenvalue weighted by Gasteiger charge is 2.25. The van der Waals surface area contributed by atoms with Crippen LogP contribution in [-0.4, -0.2) is 32.2 Å². The maximum atomic E-state index is 12.6. The molecule has 27 heavy (non-hydrogen) atoms. The summed E-state index contributed by atoms with van der Waals surface area (Å²) in [6.07, 6.45) is 2.28. The van der Waals surface area contributed by atoms with Crippen LogP contribution in [0.1, 0.15) is 34.8 Å². The van der Waals surface area contributed by atoms with Crippen LogP contribution in [0.4, 0.5) is 5.69 Å². The Morgan fingerprint density at radius 2 is 1.67 bits per heavy atom. The Morgan fingerprint density at radius 3 is 2.33 bits per heavy atom. The SMILES string of the molecule is COc1cccc(OC)c1C(=O)O[C@@H](C)C(=O)Nc1ccc2c(c1)CCC2. The molecule has 1 aliphatic rings. The summed E-state index contributed by atoms with van der Waals surface area (Å²) in [7, 11) is 2.91. The Labute approximate surface area is 158 Å². The number of nitrogens with one attached hydrogen (secondary N) is 1. The Hall–Kier alpha value is -3.02. The molecule has 3 rings (SSSR count). The van der Waals surface area contributed by atoms with Crippen molar-refractivity contribution in [3.63, 3.8) is 0 Å². The van der Waals surface area contributed by atoms with Crippen molar-refractivity contribution >= 4 is 17.6 Å². The highest BCUT2D eigenvalue weighted by atomic mass is 16.6. The number of esters is 1. The van der Waals surface area contributed by atoms with Gasteiger partial charge in [0.05, 0.1) is 14.2 Å². The molecule has 1 N–H and O–H groups in total. The van der Waals surface area contributed by atoms with Crippen molar-refractivity contribution in [3.05, 3.63) is 53.1 Å². The minimum atomic E-state index is -0.972. The molecule has 1 amide bonds. The summed E-state index contributed by atoms with van der Waals surface area (Å²) in [5, 5.41) is 2.81. The average Bonchev–Trinajstić information content (AvgIpc) is 3.14. The fraction of sp³-hybridized carbons (Fsp3) is 0.333. The number of hydrogen-bond donors (Lipinski definition) is 1. The number of rotatable bonds is 6. The number of anilines is 1. The van der Waals surface area contributed by atoms with Gasteiger partial charge in [-0.2, -0.15) is 0 Å². The van der Waals surface area contributed by atoms with Crippen molar-refractivity contribution in [1.29, 1.82) is 0 Å². The van der Waals surface area contributed by atoms with Gasteiger partial charge >= 0.3 is 5.97 Å². The van der Waals surface area contributed by atoms with Crippen LogP contribution >= 0.6 is 0 Å². The van der Waals surface area contributed by atoms with Crippen LogP contribution in [0.2, 0.25) is 0 Å². The maximum Gasteiger partial charge on any atom is 0.346 e. The molecule has 2 aromatic carbocycles. The van der Waals surface area contributed by atoms with Gasteiger partial charge in [0.25, 0.3) is 5.91 Å². The van der Waals surface area contributed by atoms with Gasteiger partial charge in [0.15, 0.2) is 6.10 Å². The Kier molecular flexibility index (Phi) is 5.64. The zero-order chi connectivity index (χ0) is 19.4. The first-order chi connectivity index (χ1) is 13.0. The lowest BCUT2D eigenvalue weighted by molar-refractivity contribution is -0.123. The molecule has 6 heteroatoms. The molecule has 6 nitrogen and oxygen atoms in total. The highest BCUT2D eigenvalue weighted by molar-refractivity contribution is 5.99. The summed E-state index contributed by atoms with van der Waals surface area (Å²) < 4.78 is 15.8. The molecule has 0 fully saturated rings. The first kappa shape index (κ1) is 18.8. The number of ether oxygens (including phenoxy) is 3. The van der Waals surface area contributed by atoms with E-state index in [9.17, 15) is 9.59 Å². The van der Waals surface area contributed by atoms with E-state index in [0.717, 1.165) is 19.3 Å². The molecule has 0 radical (unpaired) electrons. The van der Waals surface area contributed by atoms with Gasteiger partial charge in [-0.1, -0.05) is 12.1 Å². The maximum absolute atomic E-state index is 12.6. The summed E-state index contributed by atoms with van der Waals surface area (Å²) in [4.78, 5) is 25.0. The van der Waals surface area contributed by atoms with Gasteiger partial charge in [0, 0.05) is 5.69 Å². The van der Waals surface area contributed by atoms with Crippen LogP contribution in [-0.2, 0) is 22.4 Å². The molecule has 0 aromatic heterocycles. The van der Waals surface area contributed by atoms with Crippen molar-refractivity contribution in [2.75, 3.05) is 19.5 Å². The monoisotopic (exact) mass is 369 g/mol. The molecule has 0 bridgehead atoms. The Morgan fingerprint density at radius 1 is 1.00 bits per heavy atom. The number of aryl methyl sites for hydroxylation is 2. The van der Waals surface area contributed by atoms with E-state index >= 15 is 0 Å². The van der Waals surface area contributed by atoms with E-state index in [2.05, 4.69) is 5.32 Å². The summed E-state index contributed by atoms with van der Waals surface area (Å²) in [5.74, 6) is -0.424. The van der Waals surface area contributed by atoms with E-state index in [0.29, 0.717) is 17.2 Å². The highest BCUT2D eigenvalue weighted by Crippen LogP contribution is 2.29. The lowest BCUT2D eigenvalue weighted by Crippen LogP contribution is -2.30. The van der Waals surface area contributed by atoms with E-state index in [1.54, 1.807) is 18.2 Å². The zero-order valence-electron chi connectivity index (χ0n) is 15.7. The molecule has 1 atom stereocenters. The third-order valence-corrected chi connectivity index (χ3v) is 4.65. The number of methoxy groups -OCH3 is 2. The molecule has 0 heterocycles. The molecular formula is C21H23NO5. The van der Waals surface area contributed by atoms with Crippen LogP contribution in [0.25, 0.3) is 0 Å². The predicted molar refractivity (Wildman–Crippen MR) is 102 cm³/mol. The molecule has 0 saturated heterocycles. The molecular weight excluding hydrogens is 346 g/mol. The number of carbonyl (C=O) groups excluding carboxylic acids is 2. The quantitative estimate of drug-likeness (QED) is 0.790. The zero-order valence-corrected chi connectivity index (χ0v) is 15.7. The normalized spacial score (nSPS) is 13.4. The predicted octanol–water partition coefficient (Wildman–Crippen LogP) is 3.38. The minimum Gasteiger partial charge on any atom is -0.496 e. The summed E-state index contributed by atoms with van der Waals surface area (Å²) in [6, 6.07) is 10.9. The lowest BCUT2D eigenvalue weighted by Gasteiger charge is -2.16. The topological polar surface area (TPSA) is 73.9 Å². The fourth-order valence-corrected chi connectivity index (χ4v) is 3.22. The van der Waals surface area contributed by atoms with E-state index in [4.69, 9.17) is 14.2 Å². The summed E-state index contributed by atoms with van der Waals surface area (Å²) in [5.41, 5.74) is 3.45. The van der Waals surface area contributed by atoms with Crippen LogP contribution in [0.15, 0.2) is 36.4 Å². The molecule has 142 valence electrons. The second-order valence-electron chi connectivity index (χ2n) is 6.41. The Bertz CT molecular complexity index is 839. The van der Waals surface area contributed by atoms with Crippen molar-refractivity contribution < 1.29 is 23.8 Å². The smallest absolute Gasteiger partial charge is 0.346 e. The van der Waals surface area contributed by atoms with Gasteiger partial charge in [-0.3, -0.25) is 4.79 Å². The van der Waals surface area contributed by atoms with Crippen molar-refractivity contribution in [1.82, 2.24) is 0 Å². The largest absolute Gasteiger partial charge is 0.496 e. The van der Waals surface area contributed by atoms with Crippen LogP contribution < -0.4 is 14.8 Å². The standard InChI is InChI=1S/C21H23NO5/c1-13(20(23)22-16-11-10-14-6-4-7-15(14)12-16)27-21(24)19-17(25-2)8-5-9-18(19)26-3/h5,8-13H,4,6-7H2,1-3H3,(H,22,23)/t13-/m0/s1. The van der Waals surface area contributed by atoms with E-state index in [-0.39, 0.29) is 5.56 Å². The van der Waals surface area contributed by atoms with Crippen molar-refractivity contribution in [2.24, 2.45) is 0 Å². The van der Waals surface area contributed by atoms with Gasteiger partial charge < -0.3 is 19.5 Å². The van der Waals surface area contributed by atoms with Gasteiger partial charge in [-0.25, -0.2) is 4.79 Å². The molecule has 0 aliphatic heterocycles. The first-order valence-electron chi connectivity index (χ1n) is 8.88. The third kappa shape index (κ3) is 4.05. The third-order valence-electron chi connectivity index (χ3n) is 4.65. The van der Waals surface area contributed by atoms with Crippen LogP contribution in [0.3, 0.4) is 0 Å². The number of hydrogen-bond acceptors (Lipinski definition) is 5. The van der Waals surface area contributed by atoms with Crippen LogP contribution in [0, 0.1) is 0 Å². The Balaban J connectivity index is 1.69. The number of carbonyl (C=O) groups is 2. The van der Waals surface area contributed by atoms with Gasteiger partial charge in [-0.15, -0.1) is 0 Å². The first-order valence-corrected chi connectivity index (χ1v) is 8.88. The number of amides is 1. The second kappa shape index (κ2) is 8.12. The summed E-state index contributed by atoms with van der Waals surface area (Å²) >= 11 is 0. The molecule has 0 spiro atoms. The molecule has 0 saturated carbocycles. The van der Waals surface area contributed by atoms with Crippen LogP contribution in [0.5, 0.6) is 11.5 Å². The lowest BCUT2D eigenvalue weighted by atomic mass is 10.1. The molecule has 2 aromatic rings. The van der Waals surface area contributed by atoms with E-state index in [1.165, 1.54) is 32.3 Å². The van der Waals surface area contributed by atoms with E-state index < -0.39 is 18.0 Å². The van der Waals surface area contributed by atoms with Gasteiger partial charge in [0.1, 0.15) is 17.1 Å². The van der Waals surface area contributed by atoms with E-state index in [1.807, 2.05) is 18.2 Å². The van der Waals surface area contributed by atoms with Crippen molar-refractivity contribution in [3.8, 4) is 11.5 Å². The van der Waals surface area contributed by atoms with Gasteiger partial charge in [0.2, 0.25) is 0 Å². The molecule has 1 aliphatic carbocycles. The average molecular weight is 369 g/mol. The molecule has 0 unspecified atom stereocenters. The van der Waals surface area contributed by atoms with Gasteiger partial charge in [-0.05, 0) is 61.6 Å². The second-order valence-corrected chi connectivity index (χ2v) is 6.41. The number of benzene rings is 2.